The summed E-state index contributed by atoms with van der Waals surface area (Å²) in [7, 11) is 0. The van der Waals surface area contributed by atoms with Crippen molar-refractivity contribution in [1.82, 2.24) is 0 Å². The molecule has 4 nitrogen and oxygen atoms in total. The number of phenolic OH excluding ortho intramolecular Hbond substituents is 2. The van der Waals surface area contributed by atoms with Gasteiger partial charge in [0.05, 0.1) is 0 Å². The molecular weight excluding hydrogens is 256 g/mol. The molecule has 0 fully saturated rings. The van der Waals surface area contributed by atoms with Gasteiger partial charge in [0.15, 0.2) is 0 Å². The van der Waals surface area contributed by atoms with Crippen LogP contribution < -0.4 is 0 Å². The van der Waals surface area contributed by atoms with E-state index in [1.807, 2.05) is 0 Å². The number of rotatable bonds is 7. The average molecular weight is 278 g/mol. The van der Waals surface area contributed by atoms with Crippen LogP contribution in [-0.4, -0.2) is 22.8 Å². The van der Waals surface area contributed by atoms with E-state index in [9.17, 15) is 15.0 Å². The minimum absolute atomic E-state index is 0.00531. The first kappa shape index (κ1) is 16.1. The first-order valence-corrected chi connectivity index (χ1v) is 6.85. The maximum atomic E-state index is 12.0. The fourth-order valence-electron chi connectivity index (χ4n) is 2.00. The number of carbonyl (C=O) groups excluding carboxylic acids is 1. The number of ether oxygens (including phenoxy) is 1. The highest BCUT2D eigenvalue weighted by Crippen LogP contribution is 2.34. The Morgan fingerprint density at radius 1 is 1.40 bits per heavy atom. The molecule has 0 saturated carbocycles. The number of hydrogen-bond donors (Lipinski definition) is 2. The molecule has 0 spiro atoms. The summed E-state index contributed by atoms with van der Waals surface area (Å²) >= 11 is 0. The standard InChI is InChI=1S/C16H22O4/c1-4-6-7-8-12-10-13(17)11(3)15(18)14(12)16(19)20-9-5-2/h5,10,17-18H,2,4,6-9H2,1,3H3. The van der Waals surface area contributed by atoms with E-state index in [4.69, 9.17) is 4.74 Å². The van der Waals surface area contributed by atoms with Crippen LogP contribution in [0.15, 0.2) is 18.7 Å². The highest BCUT2D eigenvalue weighted by Gasteiger charge is 2.21. The van der Waals surface area contributed by atoms with Crippen molar-refractivity contribution in [1.29, 1.82) is 0 Å². The van der Waals surface area contributed by atoms with Crippen LogP contribution in [0.1, 0.15) is 47.7 Å². The van der Waals surface area contributed by atoms with Gasteiger partial charge in [0, 0.05) is 5.56 Å². The van der Waals surface area contributed by atoms with Crippen molar-refractivity contribution in [3.05, 3.63) is 35.4 Å². The molecule has 0 atom stereocenters. The SMILES string of the molecule is C=CCOC(=O)c1c(CCCCC)cc(O)c(C)c1O. The number of phenols is 2. The first-order chi connectivity index (χ1) is 9.52. The number of carbonyl (C=O) groups is 1. The van der Waals surface area contributed by atoms with Crippen molar-refractivity contribution >= 4 is 5.97 Å². The third-order valence-corrected chi connectivity index (χ3v) is 3.19. The van der Waals surface area contributed by atoms with Crippen LogP contribution in [0.4, 0.5) is 0 Å². The normalized spacial score (nSPS) is 10.3. The van der Waals surface area contributed by atoms with Crippen LogP contribution >= 0.6 is 0 Å². The lowest BCUT2D eigenvalue weighted by Gasteiger charge is -2.14. The molecule has 0 radical (unpaired) electrons. The van der Waals surface area contributed by atoms with Crippen LogP contribution in [0.3, 0.4) is 0 Å². The third kappa shape index (κ3) is 3.76. The van der Waals surface area contributed by atoms with Gasteiger partial charge < -0.3 is 14.9 Å². The second-order valence-corrected chi connectivity index (χ2v) is 4.75. The van der Waals surface area contributed by atoms with Crippen molar-refractivity contribution in [3.63, 3.8) is 0 Å². The molecule has 4 heteroatoms. The molecule has 1 aromatic carbocycles. The largest absolute Gasteiger partial charge is 0.508 e. The van der Waals surface area contributed by atoms with Gasteiger partial charge in [0.2, 0.25) is 0 Å². The van der Waals surface area contributed by atoms with Crippen LogP contribution in [0, 0.1) is 6.92 Å². The van der Waals surface area contributed by atoms with Crippen molar-refractivity contribution < 1.29 is 19.7 Å². The Labute approximate surface area is 119 Å². The Balaban J connectivity index is 3.12. The molecule has 0 amide bonds. The van der Waals surface area contributed by atoms with E-state index in [2.05, 4.69) is 13.5 Å². The Hall–Kier alpha value is -1.97. The fraction of sp³-hybridized carbons (Fsp3) is 0.438. The molecule has 20 heavy (non-hydrogen) atoms. The van der Waals surface area contributed by atoms with Gasteiger partial charge >= 0.3 is 5.97 Å². The van der Waals surface area contributed by atoms with Gasteiger partial charge in [-0.15, -0.1) is 0 Å². The number of benzene rings is 1. The maximum absolute atomic E-state index is 12.0. The third-order valence-electron chi connectivity index (χ3n) is 3.19. The summed E-state index contributed by atoms with van der Waals surface area (Å²) in [6, 6.07) is 1.54. The van der Waals surface area contributed by atoms with Crippen LogP contribution in [0.2, 0.25) is 0 Å². The number of aromatic hydroxyl groups is 2. The van der Waals surface area contributed by atoms with Gasteiger partial charge in [-0.25, -0.2) is 4.79 Å². The molecule has 0 aliphatic heterocycles. The number of aryl methyl sites for hydroxylation is 1. The molecule has 0 aromatic heterocycles. The number of esters is 1. The topological polar surface area (TPSA) is 66.8 Å². The smallest absolute Gasteiger partial charge is 0.342 e. The predicted octanol–water partition coefficient (Wildman–Crippen LogP) is 3.48. The van der Waals surface area contributed by atoms with Gasteiger partial charge in [-0.1, -0.05) is 32.4 Å². The Morgan fingerprint density at radius 2 is 2.10 bits per heavy atom. The molecule has 0 heterocycles. The lowest BCUT2D eigenvalue weighted by Crippen LogP contribution is -2.10. The van der Waals surface area contributed by atoms with E-state index in [0.29, 0.717) is 12.0 Å². The maximum Gasteiger partial charge on any atom is 0.342 e. The zero-order valence-corrected chi connectivity index (χ0v) is 12.1. The summed E-state index contributed by atoms with van der Waals surface area (Å²) < 4.78 is 5.00. The first-order valence-electron chi connectivity index (χ1n) is 6.85. The van der Waals surface area contributed by atoms with Gasteiger partial charge in [-0.2, -0.15) is 0 Å². The molecule has 0 aliphatic carbocycles. The Kier molecular flexibility index (Phi) is 6.10. The molecule has 2 N–H and O–H groups in total. The summed E-state index contributed by atoms with van der Waals surface area (Å²) in [5.74, 6) is -0.795. The molecule has 110 valence electrons. The molecule has 0 bridgehead atoms. The highest BCUT2D eigenvalue weighted by molar-refractivity contribution is 5.95. The second-order valence-electron chi connectivity index (χ2n) is 4.75. The van der Waals surface area contributed by atoms with Gasteiger partial charge in [0.25, 0.3) is 0 Å². The van der Waals surface area contributed by atoms with E-state index < -0.39 is 5.97 Å². The minimum atomic E-state index is -0.586. The van der Waals surface area contributed by atoms with Crippen LogP contribution in [0.25, 0.3) is 0 Å². The van der Waals surface area contributed by atoms with Gasteiger partial charge in [-0.3, -0.25) is 0 Å². The minimum Gasteiger partial charge on any atom is -0.508 e. The van der Waals surface area contributed by atoms with E-state index in [-0.39, 0.29) is 29.2 Å². The molecule has 0 aliphatic rings. The monoisotopic (exact) mass is 278 g/mol. The van der Waals surface area contributed by atoms with Crippen molar-refractivity contribution in [2.45, 2.75) is 39.5 Å². The summed E-state index contributed by atoms with van der Waals surface area (Å²) in [5.41, 5.74) is 1.06. The van der Waals surface area contributed by atoms with Crippen LogP contribution in [-0.2, 0) is 11.2 Å². The molecule has 0 saturated heterocycles. The fourth-order valence-corrected chi connectivity index (χ4v) is 2.00. The van der Waals surface area contributed by atoms with E-state index in [1.54, 1.807) is 6.92 Å². The van der Waals surface area contributed by atoms with Crippen molar-refractivity contribution in [2.24, 2.45) is 0 Å². The summed E-state index contributed by atoms with van der Waals surface area (Å²) in [5, 5.41) is 19.9. The summed E-state index contributed by atoms with van der Waals surface area (Å²) in [4.78, 5) is 12.0. The molecule has 1 rings (SSSR count). The quantitative estimate of drug-likeness (QED) is 0.455. The summed E-state index contributed by atoms with van der Waals surface area (Å²) in [6.07, 6.45) is 5.06. The van der Waals surface area contributed by atoms with Gasteiger partial charge in [0.1, 0.15) is 23.7 Å². The van der Waals surface area contributed by atoms with Crippen LogP contribution in [0.5, 0.6) is 11.5 Å². The lowest BCUT2D eigenvalue weighted by atomic mass is 9.97. The van der Waals surface area contributed by atoms with Crippen molar-refractivity contribution in [2.75, 3.05) is 6.61 Å². The van der Waals surface area contributed by atoms with E-state index in [0.717, 1.165) is 19.3 Å². The predicted molar refractivity (Wildman–Crippen MR) is 78.2 cm³/mol. The van der Waals surface area contributed by atoms with E-state index >= 15 is 0 Å². The zero-order valence-electron chi connectivity index (χ0n) is 12.1. The second kappa shape index (κ2) is 7.58. The lowest BCUT2D eigenvalue weighted by molar-refractivity contribution is 0.0545. The zero-order chi connectivity index (χ0) is 15.1. The average Bonchev–Trinajstić information content (AvgIpc) is 2.42. The Morgan fingerprint density at radius 3 is 2.70 bits per heavy atom. The molecule has 0 unspecified atom stereocenters. The molecular formula is C16H22O4. The van der Waals surface area contributed by atoms with E-state index in [1.165, 1.54) is 12.1 Å². The number of unbranched alkanes of at least 4 members (excludes halogenated alkanes) is 2. The van der Waals surface area contributed by atoms with Crippen molar-refractivity contribution in [3.8, 4) is 11.5 Å². The summed E-state index contributed by atoms with van der Waals surface area (Å²) in [6.45, 7) is 7.22. The van der Waals surface area contributed by atoms with Gasteiger partial charge in [-0.05, 0) is 31.4 Å². The molecule has 1 aromatic rings. The highest BCUT2D eigenvalue weighted by atomic mass is 16.5. The number of hydrogen-bond acceptors (Lipinski definition) is 4. The Bertz CT molecular complexity index is 492.